The van der Waals surface area contributed by atoms with Gasteiger partial charge in [0.1, 0.15) is 0 Å². The SMILES string of the molecule is CCOc1cc(CN)ccc1OC(C)C(=O)N(CC)CC. The lowest BCUT2D eigenvalue weighted by molar-refractivity contribution is -0.137. The molecule has 118 valence electrons. The molecular formula is C16H26N2O3. The molecule has 0 aliphatic carbocycles. The van der Waals surface area contributed by atoms with Gasteiger partial charge >= 0.3 is 0 Å². The normalized spacial score (nSPS) is 11.9. The number of rotatable bonds is 8. The van der Waals surface area contributed by atoms with Gasteiger partial charge in [-0.15, -0.1) is 0 Å². The van der Waals surface area contributed by atoms with Gasteiger partial charge in [0, 0.05) is 19.6 Å². The van der Waals surface area contributed by atoms with Gasteiger partial charge in [0.15, 0.2) is 17.6 Å². The lowest BCUT2D eigenvalue weighted by Gasteiger charge is -2.24. The van der Waals surface area contributed by atoms with Gasteiger partial charge in [-0.05, 0) is 45.4 Å². The van der Waals surface area contributed by atoms with E-state index in [1.54, 1.807) is 17.9 Å². The van der Waals surface area contributed by atoms with E-state index in [0.29, 0.717) is 37.7 Å². The summed E-state index contributed by atoms with van der Waals surface area (Å²) in [7, 11) is 0. The van der Waals surface area contributed by atoms with Crippen molar-refractivity contribution in [1.29, 1.82) is 0 Å². The Kier molecular flexibility index (Phi) is 7.02. The van der Waals surface area contributed by atoms with Gasteiger partial charge in [0.25, 0.3) is 5.91 Å². The van der Waals surface area contributed by atoms with Crippen LogP contribution in [0.1, 0.15) is 33.3 Å². The molecule has 5 heteroatoms. The molecule has 1 amide bonds. The summed E-state index contributed by atoms with van der Waals surface area (Å²) in [6.45, 7) is 9.89. The van der Waals surface area contributed by atoms with E-state index in [2.05, 4.69) is 0 Å². The molecular weight excluding hydrogens is 268 g/mol. The fourth-order valence-corrected chi connectivity index (χ4v) is 2.08. The summed E-state index contributed by atoms with van der Waals surface area (Å²) in [5, 5.41) is 0. The Labute approximate surface area is 127 Å². The van der Waals surface area contributed by atoms with Gasteiger partial charge in [0.2, 0.25) is 0 Å². The zero-order valence-electron chi connectivity index (χ0n) is 13.4. The Morgan fingerprint density at radius 1 is 1.24 bits per heavy atom. The van der Waals surface area contributed by atoms with Gasteiger partial charge in [-0.2, -0.15) is 0 Å². The average molecular weight is 294 g/mol. The number of nitrogens with zero attached hydrogens (tertiary/aromatic N) is 1. The van der Waals surface area contributed by atoms with Crippen molar-refractivity contribution in [2.75, 3.05) is 19.7 Å². The molecule has 0 radical (unpaired) electrons. The van der Waals surface area contributed by atoms with Crippen LogP contribution in [-0.2, 0) is 11.3 Å². The van der Waals surface area contributed by atoms with Crippen LogP contribution in [0.3, 0.4) is 0 Å². The third-order valence-electron chi connectivity index (χ3n) is 3.27. The minimum absolute atomic E-state index is 0.0228. The van der Waals surface area contributed by atoms with Crippen LogP contribution in [-0.4, -0.2) is 36.6 Å². The molecule has 1 aromatic carbocycles. The second kappa shape index (κ2) is 8.52. The molecule has 0 fully saturated rings. The third kappa shape index (κ3) is 4.63. The molecule has 1 atom stereocenters. The molecule has 1 unspecified atom stereocenters. The van der Waals surface area contributed by atoms with Crippen LogP contribution in [0.4, 0.5) is 0 Å². The molecule has 1 rings (SSSR count). The Bertz CT molecular complexity index is 459. The number of carbonyl (C=O) groups is 1. The minimum atomic E-state index is -0.548. The van der Waals surface area contributed by atoms with E-state index < -0.39 is 6.10 Å². The highest BCUT2D eigenvalue weighted by Crippen LogP contribution is 2.29. The Morgan fingerprint density at radius 2 is 1.90 bits per heavy atom. The lowest BCUT2D eigenvalue weighted by atomic mass is 10.2. The average Bonchev–Trinajstić information content (AvgIpc) is 2.50. The highest BCUT2D eigenvalue weighted by atomic mass is 16.5. The van der Waals surface area contributed by atoms with E-state index >= 15 is 0 Å². The van der Waals surface area contributed by atoms with Gasteiger partial charge in [-0.1, -0.05) is 6.07 Å². The number of hydrogen-bond acceptors (Lipinski definition) is 4. The summed E-state index contributed by atoms with van der Waals surface area (Å²) in [4.78, 5) is 14.0. The molecule has 0 spiro atoms. The minimum Gasteiger partial charge on any atom is -0.490 e. The summed E-state index contributed by atoms with van der Waals surface area (Å²) in [6, 6.07) is 5.54. The summed E-state index contributed by atoms with van der Waals surface area (Å²) in [6.07, 6.45) is -0.548. The van der Waals surface area contributed by atoms with Crippen LogP contribution in [0.2, 0.25) is 0 Å². The third-order valence-corrected chi connectivity index (χ3v) is 3.27. The van der Waals surface area contributed by atoms with Crippen molar-refractivity contribution in [3.05, 3.63) is 23.8 Å². The molecule has 0 aliphatic heterocycles. The largest absolute Gasteiger partial charge is 0.490 e. The number of carbonyl (C=O) groups excluding carboxylic acids is 1. The summed E-state index contributed by atoms with van der Waals surface area (Å²) < 4.78 is 11.4. The number of nitrogens with two attached hydrogens (primary N) is 1. The van der Waals surface area contributed by atoms with E-state index in [1.165, 1.54) is 0 Å². The van der Waals surface area contributed by atoms with Gasteiger partial charge < -0.3 is 20.1 Å². The van der Waals surface area contributed by atoms with Crippen LogP contribution in [0.15, 0.2) is 18.2 Å². The maximum Gasteiger partial charge on any atom is 0.263 e. The second-order valence-corrected chi connectivity index (χ2v) is 4.69. The van der Waals surface area contributed by atoms with Crippen LogP contribution >= 0.6 is 0 Å². The van der Waals surface area contributed by atoms with Crippen molar-refractivity contribution in [2.45, 2.75) is 40.3 Å². The maximum absolute atomic E-state index is 12.2. The Morgan fingerprint density at radius 3 is 2.43 bits per heavy atom. The van der Waals surface area contributed by atoms with Crippen molar-refractivity contribution >= 4 is 5.91 Å². The molecule has 21 heavy (non-hydrogen) atoms. The zero-order valence-corrected chi connectivity index (χ0v) is 13.4. The quantitative estimate of drug-likeness (QED) is 0.798. The fraction of sp³-hybridized carbons (Fsp3) is 0.562. The first-order chi connectivity index (χ1) is 10.1. The number of ether oxygens (including phenoxy) is 2. The lowest BCUT2D eigenvalue weighted by Crippen LogP contribution is -2.40. The highest BCUT2D eigenvalue weighted by Gasteiger charge is 2.21. The molecule has 1 aromatic rings. The Balaban J connectivity index is 2.88. The summed E-state index contributed by atoms with van der Waals surface area (Å²) in [5.74, 6) is 1.17. The number of hydrogen-bond donors (Lipinski definition) is 1. The highest BCUT2D eigenvalue weighted by molar-refractivity contribution is 5.80. The van der Waals surface area contributed by atoms with E-state index in [4.69, 9.17) is 15.2 Å². The predicted octanol–water partition coefficient (Wildman–Crippen LogP) is 2.18. The first-order valence-corrected chi connectivity index (χ1v) is 7.48. The number of likely N-dealkylation sites (N-methyl/N-ethyl adjacent to an activating group) is 1. The number of benzene rings is 1. The van der Waals surface area contributed by atoms with Gasteiger partial charge in [-0.25, -0.2) is 0 Å². The van der Waals surface area contributed by atoms with Crippen molar-refractivity contribution < 1.29 is 14.3 Å². The number of amides is 1. The van der Waals surface area contributed by atoms with E-state index in [9.17, 15) is 4.79 Å². The predicted molar refractivity (Wildman–Crippen MR) is 83.5 cm³/mol. The summed E-state index contributed by atoms with van der Waals surface area (Å²) >= 11 is 0. The van der Waals surface area contributed by atoms with Crippen LogP contribution in [0.5, 0.6) is 11.5 Å². The van der Waals surface area contributed by atoms with Crippen molar-refractivity contribution in [1.82, 2.24) is 4.90 Å². The van der Waals surface area contributed by atoms with E-state index in [-0.39, 0.29) is 5.91 Å². The van der Waals surface area contributed by atoms with Gasteiger partial charge in [-0.3, -0.25) is 4.79 Å². The molecule has 0 saturated heterocycles. The first-order valence-electron chi connectivity index (χ1n) is 7.48. The molecule has 0 saturated carbocycles. The molecule has 2 N–H and O–H groups in total. The molecule has 0 aromatic heterocycles. The maximum atomic E-state index is 12.2. The molecule has 0 heterocycles. The van der Waals surface area contributed by atoms with Crippen LogP contribution in [0, 0.1) is 0 Å². The standard InChI is InChI=1S/C16H26N2O3/c1-5-18(6-2)16(19)12(4)21-14-9-8-13(11-17)10-15(14)20-7-3/h8-10,12H,5-7,11,17H2,1-4H3. The van der Waals surface area contributed by atoms with Crippen molar-refractivity contribution in [3.63, 3.8) is 0 Å². The second-order valence-electron chi connectivity index (χ2n) is 4.69. The Hall–Kier alpha value is -1.75. The van der Waals surface area contributed by atoms with Crippen LogP contribution < -0.4 is 15.2 Å². The topological polar surface area (TPSA) is 64.8 Å². The molecule has 5 nitrogen and oxygen atoms in total. The summed E-state index contributed by atoms with van der Waals surface area (Å²) in [5.41, 5.74) is 6.60. The zero-order chi connectivity index (χ0) is 15.8. The first kappa shape index (κ1) is 17.3. The molecule has 0 aliphatic rings. The van der Waals surface area contributed by atoms with Crippen molar-refractivity contribution in [2.24, 2.45) is 5.73 Å². The molecule has 0 bridgehead atoms. The fourth-order valence-electron chi connectivity index (χ4n) is 2.08. The monoisotopic (exact) mass is 294 g/mol. The van der Waals surface area contributed by atoms with Gasteiger partial charge in [0.05, 0.1) is 6.61 Å². The van der Waals surface area contributed by atoms with Crippen LogP contribution in [0.25, 0.3) is 0 Å². The van der Waals surface area contributed by atoms with E-state index in [0.717, 1.165) is 5.56 Å². The smallest absolute Gasteiger partial charge is 0.263 e. The van der Waals surface area contributed by atoms with Crippen molar-refractivity contribution in [3.8, 4) is 11.5 Å². The van der Waals surface area contributed by atoms with E-state index in [1.807, 2.05) is 32.9 Å².